The molecule has 2 fully saturated rings. The van der Waals surface area contributed by atoms with Crippen LogP contribution < -0.4 is 0 Å². The van der Waals surface area contributed by atoms with Crippen molar-refractivity contribution in [2.45, 2.75) is 75.8 Å². The maximum atomic E-state index is 12.7. The van der Waals surface area contributed by atoms with Gasteiger partial charge in [-0.25, -0.2) is 4.79 Å². The lowest BCUT2D eigenvalue weighted by molar-refractivity contribution is -0.226. The molecule has 4 aliphatic rings. The molecule has 4 N–H and O–H groups in total. The Morgan fingerprint density at radius 1 is 1.17 bits per heavy atom. The summed E-state index contributed by atoms with van der Waals surface area (Å²) < 4.78 is 16.8. The number of esters is 2. The highest BCUT2D eigenvalue weighted by Gasteiger charge is 2.81. The molecule has 1 saturated carbocycles. The molecule has 162 valence electrons. The number of hydrogen-bond donors (Lipinski definition) is 4. The highest BCUT2D eigenvalue weighted by Crippen LogP contribution is 2.67. The summed E-state index contributed by atoms with van der Waals surface area (Å²) in [6.07, 6.45) is -6.29. The highest BCUT2D eigenvalue weighted by atomic mass is 16.6. The number of rotatable bonds is 3. The van der Waals surface area contributed by atoms with Gasteiger partial charge in [-0.05, 0) is 25.3 Å². The zero-order valence-corrected chi connectivity index (χ0v) is 17.1. The van der Waals surface area contributed by atoms with Gasteiger partial charge in [0.1, 0.15) is 17.8 Å². The Kier molecular flexibility index (Phi) is 4.30. The van der Waals surface area contributed by atoms with Crippen LogP contribution in [0, 0.1) is 17.3 Å². The van der Waals surface area contributed by atoms with E-state index < -0.39 is 70.9 Å². The van der Waals surface area contributed by atoms with E-state index in [0.717, 1.165) is 0 Å². The van der Waals surface area contributed by atoms with Crippen molar-refractivity contribution >= 4 is 11.9 Å². The van der Waals surface area contributed by atoms with Crippen LogP contribution in [0.3, 0.4) is 0 Å². The molecule has 2 aliphatic heterocycles. The van der Waals surface area contributed by atoms with E-state index in [4.69, 9.17) is 14.2 Å². The van der Waals surface area contributed by atoms with Gasteiger partial charge in [0.25, 0.3) is 0 Å². The molecule has 0 aromatic rings. The third kappa shape index (κ3) is 2.07. The van der Waals surface area contributed by atoms with E-state index in [1.54, 1.807) is 20.8 Å². The first-order valence-corrected chi connectivity index (χ1v) is 9.87. The number of carbonyl (C=O) groups excluding carboxylic acids is 2. The number of aliphatic hydroxyl groups is 4. The lowest BCUT2D eigenvalue weighted by Crippen LogP contribution is -2.68. The average molecular weight is 412 g/mol. The zero-order chi connectivity index (χ0) is 21.7. The van der Waals surface area contributed by atoms with Crippen molar-refractivity contribution in [1.29, 1.82) is 0 Å². The summed E-state index contributed by atoms with van der Waals surface area (Å²) in [5, 5.41) is 43.9. The van der Waals surface area contributed by atoms with Crippen LogP contribution in [0.4, 0.5) is 0 Å². The minimum Gasteiger partial charge on any atom is -0.455 e. The molecule has 1 spiro atoms. The molecule has 29 heavy (non-hydrogen) atoms. The van der Waals surface area contributed by atoms with Gasteiger partial charge in [-0.15, -0.1) is 0 Å². The lowest BCUT2D eigenvalue weighted by Gasteiger charge is -2.54. The molecular formula is C20H28O9. The van der Waals surface area contributed by atoms with Gasteiger partial charge in [0.05, 0.1) is 29.1 Å². The number of hydrogen-bond acceptors (Lipinski definition) is 9. The van der Waals surface area contributed by atoms with Gasteiger partial charge in [-0.2, -0.15) is 0 Å². The number of carbonyl (C=O) groups is 2. The molecule has 1 unspecified atom stereocenters. The van der Waals surface area contributed by atoms with E-state index >= 15 is 0 Å². The summed E-state index contributed by atoms with van der Waals surface area (Å²) in [6.45, 7) is 6.42. The molecular weight excluding hydrogens is 384 g/mol. The molecule has 2 heterocycles. The Morgan fingerprint density at radius 2 is 1.79 bits per heavy atom. The third-order valence-corrected chi connectivity index (χ3v) is 7.73. The summed E-state index contributed by atoms with van der Waals surface area (Å²) in [6, 6.07) is 0. The molecule has 0 aromatic heterocycles. The quantitative estimate of drug-likeness (QED) is 0.431. The van der Waals surface area contributed by atoms with Crippen LogP contribution in [0.2, 0.25) is 0 Å². The Labute approximate surface area is 168 Å². The van der Waals surface area contributed by atoms with E-state index in [1.807, 2.05) is 0 Å². The summed E-state index contributed by atoms with van der Waals surface area (Å²) in [7, 11) is 1.35. The Balaban J connectivity index is 2.01. The summed E-state index contributed by atoms with van der Waals surface area (Å²) in [5.74, 6) is -2.95. The van der Waals surface area contributed by atoms with Crippen LogP contribution in [0.25, 0.3) is 0 Å². The Hall–Kier alpha value is -1.52. The summed E-state index contributed by atoms with van der Waals surface area (Å²) >= 11 is 0. The maximum absolute atomic E-state index is 12.7. The monoisotopic (exact) mass is 412 g/mol. The number of methoxy groups -OCH3 is 1. The number of fused-ring (bicyclic) bond motifs is 1. The summed E-state index contributed by atoms with van der Waals surface area (Å²) in [4.78, 5) is 25.3. The molecule has 9 atom stereocenters. The van der Waals surface area contributed by atoms with Crippen molar-refractivity contribution in [1.82, 2.24) is 0 Å². The van der Waals surface area contributed by atoms with E-state index in [2.05, 4.69) is 0 Å². The molecule has 0 amide bonds. The average Bonchev–Trinajstić information content (AvgIpc) is 3.22. The van der Waals surface area contributed by atoms with Crippen LogP contribution >= 0.6 is 0 Å². The van der Waals surface area contributed by atoms with Crippen molar-refractivity contribution in [3.63, 3.8) is 0 Å². The van der Waals surface area contributed by atoms with Gasteiger partial charge in [0.2, 0.25) is 0 Å². The fourth-order valence-corrected chi connectivity index (χ4v) is 6.08. The van der Waals surface area contributed by atoms with Crippen molar-refractivity contribution in [3.8, 4) is 0 Å². The Morgan fingerprint density at radius 3 is 2.28 bits per heavy atom. The number of ether oxygens (including phenoxy) is 3. The molecule has 4 rings (SSSR count). The molecule has 9 heteroatoms. The van der Waals surface area contributed by atoms with Crippen molar-refractivity contribution in [3.05, 3.63) is 11.1 Å². The summed E-state index contributed by atoms with van der Waals surface area (Å²) in [5.41, 5.74) is -4.71. The first-order valence-electron chi connectivity index (χ1n) is 9.87. The number of aliphatic hydroxyl groups excluding tert-OH is 3. The fourth-order valence-electron chi connectivity index (χ4n) is 6.08. The minimum atomic E-state index is -1.96. The van der Waals surface area contributed by atoms with Gasteiger partial charge in [0, 0.05) is 13.5 Å². The van der Waals surface area contributed by atoms with Crippen LogP contribution in [0.1, 0.15) is 34.1 Å². The van der Waals surface area contributed by atoms with E-state index in [0.29, 0.717) is 5.57 Å². The predicted molar refractivity (Wildman–Crippen MR) is 96.2 cm³/mol. The van der Waals surface area contributed by atoms with Gasteiger partial charge in [-0.1, -0.05) is 13.8 Å². The second kappa shape index (κ2) is 6.01. The van der Waals surface area contributed by atoms with Gasteiger partial charge < -0.3 is 34.6 Å². The topological polar surface area (TPSA) is 143 Å². The second-order valence-corrected chi connectivity index (χ2v) is 9.20. The van der Waals surface area contributed by atoms with Crippen molar-refractivity contribution in [2.24, 2.45) is 17.3 Å². The standard InChI is InChI=1S/C20H28O9/c1-7(2)20(26)11-10-12(28-17(11)25)13(22)19(6-9(8(3)21)16(24)29-19)18(10,4)15(27-5)14(20)23/h7-9,12-15,21-23,26H,6H2,1-5H3/t8?,9-,12-,13+,14-,15+,18-,19+,20+/m0/s1. The van der Waals surface area contributed by atoms with Gasteiger partial charge in [-0.3, -0.25) is 4.79 Å². The van der Waals surface area contributed by atoms with E-state index in [1.165, 1.54) is 14.0 Å². The molecule has 0 bridgehead atoms. The van der Waals surface area contributed by atoms with Crippen LogP contribution in [0.15, 0.2) is 11.1 Å². The first kappa shape index (κ1) is 20.7. The van der Waals surface area contributed by atoms with Gasteiger partial charge in [0.15, 0.2) is 11.7 Å². The SMILES string of the molecule is CO[C@@H]1[C@H](O)[C@@](O)(C(C)C)C2=C3[C@H](OC2=O)[C@@H](O)[C@]2(C[C@@H](C(C)O)C(=O)O2)[C@@]31C. The minimum absolute atomic E-state index is 0.0430. The fraction of sp³-hybridized carbons (Fsp3) is 0.800. The van der Waals surface area contributed by atoms with Gasteiger partial charge >= 0.3 is 11.9 Å². The largest absolute Gasteiger partial charge is 0.455 e. The van der Waals surface area contributed by atoms with E-state index in [9.17, 15) is 30.0 Å². The lowest BCUT2D eigenvalue weighted by atomic mass is 9.56. The predicted octanol–water partition coefficient (Wildman–Crippen LogP) is -0.951. The zero-order valence-electron chi connectivity index (χ0n) is 17.1. The molecule has 9 nitrogen and oxygen atoms in total. The van der Waals surface area contributed by atoms with Crippen LogP contribution in [0.5, 0.6) is 0 Å². The van der Waals surface area contributed by atoms with Crippen molar-refractivity contribution in [2.75, 3.05) is 7.11 Å². The molecule has 1 saturated heterocycles. The highest BCUT2D eigenvalue weighted by molar-refractivity contribution is 5.97. The molecule has 0 aromatic carbocycles. The van der Waals surface area contributed by atoms with Crippen molar-refractivity contribution < 1.29 is 44.2 Å². The van der Waals surface area contributed by atoms with E-state index in [-0.39, 0.29) is 12.0 Å². The maximum Gasteiger partial charge on any atom is 0.337 e. The Bertz CT molecular complexity index is 804. The van der Waals surface area contributed by atoms with Crippen LogP contribution in [-0.4, -0.2) is 81.2 Å². The van der Waals surface area contributed by atoms with Crippen LogP contribution in [-0.2, 0) is 23.8 Å². The second-order valence-electron chi connectivity index (χ2n) is 9.20. The molecule has 0 radical (unpaired) electrons. The first-order chi connectivity index (χ1) is 13.4. The smallest absolute Gasteiger partial charge is 0.337 e. The molecule has 2 aliphatic carbocycles. The third-order valence-electron chi connectivity index (χ3n) is 7.73. The normalized spacial score (nSPS) is 49.7.